The number of para-hydroxylation sites is 1. The van der Waals surface area contributed by atoms with Gasteiger partial charge in [0.25, 0.3) is 0 Å². The molecule has 0 atom stereocenters. The van der Waals surface area contributed by atoms with Crippen molar-refractivity contribution in [2.45, 2.75) is 59.2 Å². The normalized spacial score (nSPS) is 13.2. The van der Waals surface area contributed by atoms with E-state index >= 15 is 4.39 Å². The molecule has 0 aliphatic heterocycles. The molecular formula is C54H51FN2Si. The Labute approximate surface area is 344 Å². The summed E-state index contributed by atoms with van der Waals surface area (Å²) in [6.07, 6.45) is 1.02. The fourth-order valence-corrected chi connectivity index (χ4v) is 10.3. The quantitative estimate of drug-likeness (QED) is 0.135. The standard InChI is InChI=1S/C54H51FN2Si/c1-36(2)32-37-16-14-19-40(33-37)56(50-25-15-18-38-17-8-9-20-43(38)50)41-28-31-46-47(34-41)54(3,4)48-35-52(44-21-10-11-22-45(44)53(46)48)57(51-24-13-12-23-49(51)55)39-26-29-42(30-27-39)58(5,6)7/h8-31,33-36H,32H2,1-7H3. The van der Waals surface area contributed by atoms with Crippen molar-refractivity contribution >= 4 is 68.9 Å². The summed E-state index contributed by atoms with van der Waals surface area (Å²) >= 11 is 0. The van der Waals surface area contributed by atoms with Crippen LogP contribution in [0.3, 0.4) is 0 Å². The SMILES string of the molecule is CC(C)Cc1cccc(N(c2ccc3c(c2)C(C)(C)c2cc(N(c4ccc([Si](C)(C)C)cc4)c4ccccc4F)c4ccccc4c2-3)c2cccc3ccccc23)c1. The van der Waals surface area contributed by atoms with Crippen molar-refractivity contribution in [1.29, 1.82) is 0 Å². The predicted molar refractivity (Wildman–Crippen MR) is 250 cm³/mol. The van der Waals surface area contributed by atoms with Gasteiger partial charge in [0.15, 0.2) is 0 Å². The number of hydrogen-bond donors (Lipinski definition) is 0. The number of anilines is 6. The second-order valence-corrected chi connectivity index (χ2v) is 23.0. The lowest BCUT2D eigenvalue weighted by atomic mass is 9.81. The largest absolute Gasteiger partial charge is 0.310 e. The van der Waals surface area contributed by atoms with Crippen LogP contribution in [0.1, 0.15) is 44.4 Å². The Morgan fingerprint density at radius 3 is 1.90 bits per heavy atom. The van der Waals surface area contributed by atoms with Gasteiger partial charge in [-0.1, -0.05) is 156 Å². The molecule has 2 nitrogen and oxygen atoms in total. The van der Waals surface area contributed by atoms with Crippen LogP contribution in [0.15, 0.2) is 164 Å². The van der Waals surface area contributed by atoms with Gasteiger partial charge in [-0.2, -0.15) is 0 Å². The fourth-order valence-electron chi connectivity index (χ4n) is 9.15. The molecule has 1 aliphatic rings. The van der Waals surface area contributed by atoms with Gasteiger partial charge >= 0.3 is 0 Å². The zero-order valence-electron chi connectivity index (χ0n) is 34.6. The Kier molecular flexibility index (Phi) is 9.36. The molecule has 8 aromatic rings. The minimum absolute atomic E-state index is 0.250. The van der Waals surface area contributed by atoms with Crippen LogP contribution in [-0.4, -0.2) is 8.07 Å². The number of halogens is 1. The average Bonchev–Trinajstić information content (AvgIpc) is 3.44. The van der Waals surface area contributed by atoms with E-state index in [0.29, 0.717) is 11.6 Å². The molecule has 0 fully saturated rings. The van der Waals surface area contributed by atoms with Crippen LogP contribution in [0.25, 0.3) is 32.7 Å². The maximum absolute atomic E-state index is 16.1. The smallest absolute Gasteiger partial charge is 0.147 e. The first kappa shape index (κ1) is 37.6. The number of rotatable bonds is 9. The van der Waals surface area contributed by atoms with Crippen LogP contribution >= 0.6 is 0 Å². The van der Waals surface area contributed by atoms with Crippen molar-refractivity contribution < 1.29 is 4.39 Å². The molecule has 58 heavy (non-hydrogen) atoms. The monoisotopic (exact) mass is 774 g/mol. The van der Waals surface area contributed by atoms with Gasteiger partial charge in [-0.25, -0.2) is 4.39 Å². The molecule has 0 N–H and O–H groups in total. The minimum atomic E-state index is -1.55. The summed E-state index contributed by atoms with van der Waals surface area (Å²) in [7, 11) is -1.55. The highest BCUT2D eigenvalue weighted by molar-refractivity contribution is 6.88. The van der Waals surface area contributed by atoms with E-state index in [0.717, 1.165) is 40.2 Å². The molecule has 0 unspecified atom stereocenters. The molecule has 288 valence electrons. The molecule has 8 aromatic carbocycles. The zero-order valence-corrected chi connectivity index (χ0v) is 35.6. The number of nitrogens with zero attached hydrogens (tertiary/aromatic N) is 2. The summed E-state index contributed by atoms with van der Waals surface area (Å²) in [5.74, 6) is 0.304. The third kappa shape index (κ3) is 6.50. The first-order chi connectivity index (χ1) is 27.9. The van der Waals surface area contributed by atoms with Gasteiger partial charge in [0.2, 0.25) is 0 Å². The molecule has 0 saturated heterocycles. The third-order valence-electron chi connectivity index (χ3n) is 12.0. The van der Waals surface area contributed by atoms with E-state index in [1.807, 2.05) is 12.1 Å². The molecule has 0 amide bonds. The van der Waals surface area contributed by atoms with Gasteiger partial charge in [0, 0.05) is 33.2 Å². The molecule has 0 saturated carbocycles. The van der Waals surface area contributed by atoms with E-state index in [2.05, 4.69) is 197 Å². The van der Waals surface area contributed by atoms with E-state index in [-0.39, 0.29) is 11.2 Å². The fraction of sp³-hybridized carbons (Fsp3) is 0.185. The van der Waals surface area contributed by atoms with Gasteiger partial charge in [-0.05, 0) is 112 Å². The van der Waals surface area contributed by atoms with E-state index in [9.17, 15) is 0 Å². The van der Waals surface area contributed by atoms with E-state index in [1.165, 1.54) is 49.2 Å². The Bertz CT molecular complexity index is 2830. The summed E-state index contributed by atoms with van der Waals surface area (Å²) in [6.45, 7) is 16.3. The van der Waals surface area contributed by atoms with Crippen LogP contribution in [0, 0.1) is 11.7 Å². The Balaban J connectivity index is 1.25. The maximum atomic E-state index is 16.1. The minimum Gasteiger partial charge on any atom is -0.310 e. The Morgan fingerprint density at radius 2 is 1.16 bits per heavy atom. The second-order valence-electron chi connectivity index (χ2n) is 17.9. The van der Waals surface area contributed by atoms with Crippen molar-refractivity contribution in [2.75, 3.05) is 9.80 Å². The number of benzene rings is 8. The Hall–Kier alpha value is -5.97. The first-order valence-electron chi connectivity index (χ1n) is 20.6. The van der Waals surface area contributed by atoms with Crippen LogP contribution in [-0.2, 0) is 11.8 Å². The molecule has 0 aromatic heterocycles. The summed E-state index contributed by atoms with van der Waals surface area (Å²) < 4.78 is 16.1. The molecule has 1 aliphatic carbocycles. The lowest BCUT2D eigenvalue weighted by Gasteiger charge is -2.31. The summed E-state index contributed by atoms with van der Waals surface area (Å²) in [5.41, 5.74) is 11.9. The molecule has 4 heteroatoms. The maximum Gasteiger partial charge on any atom is 0.147 e. The molecular weight excluding hydrogens is 724 g/mol. The highest BCUT2D eigenvalue weighted by atomic mass is 28.3. The van der Waals surface area contributed by atoms with Crippen LogP contribution in [0.5, 0.6) is 0 Å². The summed E-state index contributed by atoms with van der Waals surface area (Å²) in [5, 5.41) is 6.06. The van der Waals surface area contributed by atoms with Gasteiger partial charge in [-0.15, -0.1) is 0 Å². The van der Waals surface area contributed by atoms with E-state index in [4.69, 9.17) is 0 Å². The number of fused-ring (bicyclic) bond motifs is 6. The number of hydrogen-bond acceptors (Lipinski definition) is 2. The van der Waals surface area contributed by atoms with Crippen LogP contribution in [0.4, 0.5) is 38.5 Å². The Morgan fingerprint density at radius 1 is 0.534 bits per heavy atom. The lowest BCUT2D eigenvalue weighted by Crippen LogP contribution is -2.37. The molecule has 0 bridgehead atoms. The van der Waals surface area contributed by atoms with Crippen molar-refractivity contribution in [2.24, 2.45) is 5.92 Å². The summed E-state index contributed by atoms with van der Waals surface area (Å²) in [6, 6.07) is 58.4. The highest BCUT2D eigenvalue weighted by Crippen LogP contribution is 2.56. The first-order valence-corrected chi connectivity index (χ1v) is 24.1. The van der Waals surface area contributed by atoms with Crippen LogP contribution in [0.2, 0.25) is 19.6 Å². The summed E-state index contributed by atoms with van der Waals surface area (Å²) in [4.78, 5) is 4.57. The van der Waals surface area contributed by atoms with Crippen molar-refractivity contribution in [3.63, 3.8) is 0 Å². The van der Waals surface area contributed by atoms with Crippen molar-refractivity contribution in [3.8, 4) is 11.1 Å². The van der Waals surface area contributed by atoms with Gasteiger partial charge in [0.1, 0.15) is 5.82 Å². The highest BCUT2D eigenvalue weighted by Gasteiger charge is 2.39. The average molecular weight is 775 g/mol. The molecule has 0 radical (unpaired) electrons. The third-order valence-corrected chi connectivity index (χ3v) is 14.1. The zero-order chi connectivity index (χ0) is 40.3. The molecule has 0 heterocycles. The van der Waals surface area contributed by atoms with Gasteiger partial charge < -0.3 is 9.80 Å². The van der Waals surface area contributed by atoms with Crippen LogP contribution < -0.4 is 15.0 Å². The van der Waals surface area contributed by atoms with Gasteiger partial charge in [0.05, 0.1) is 25.1 Å². The van der Waals surface area contributed by atoms with E-state index < -0.39 is 8.07 Å². The van der Waals surface area contributed by atoms with E-state index in [1.54, 1.807) is 12.1 Å². The second kappa shape index (κ2) is 14.4. The van der Waals surface area contributed by atoms with Gasteiger partial charge in [-0.3, -0.25) is 0 Å². The predicted octanol–water partition coefficient (Wildman–Crippen LogP) is 15.1. The van der Waals surface area contributed by atoms with Crippen molar-refractivity contribution in [1.82, 2.24) is 0 Å². The molecule has 0 spiro atoms. The molecule has 9 rings (SSSR count). The lowest BCUT2D eigenvalue weighted by molar-refractivity contribution is 0.629. The van der Waals surface area contributed by atoms with Crippen molar-refractivity contribution in [3.05, 3.63) is 186 Å². The topological polar surface area (TPSA) is 6.48 Å².